The molecule has 0 aliphatic heterocycles. The van der Waals surface area contributed by atoms with Crippen LogP contribution in [0.25, 0.3) is 0 Å². The van der Waals surface area contributed by atoms with E-state index in [0.717, 1.165) is 18.2 Å². The number of para-hydroxylation sites is 1. The van der Waals surface area contributed by atoms with Crippen molar-refractivity contribution in [3.05, 3.63) is 30.3 Å². The van der Waals surface area contributed by atoms with Gasteiger partial charge in [0.25, 0.3) is 0 Å². The highest BCUT2D eigenvalue weighted by molar-refractivity contribution is 5.93. The number of nitrogens with one attached hydrogen (secondary N) is 2. The molecule has 4 N–H and O–H groups in total. The molecule has 18 heavy (non-hydrogen) atoms. The van der Waals surface area contributed by atoms with Crippen LogP contribution in [-0.4, -0.2) is 25.7 Å². The van der Waals surface area contributed by atoms with Crippen molar-refractivity contribution in [3.63, 3.8) is 0 Å². The van der Waals surface area contributed by atoms with E-state index in [1.54, 1.807) is 0 Å². The van der Waals surface area contributed by atoms with Crippen LogP contribution in [-0.2, 0) is 4.74 Å². The Hall–Kier alpha value is -1.59. The zero-order valence-electron chi connectivity index (χ0n) is 10.4. The van der Waals surface area contributed by atoms with Crippen molar-refractivity contribution >= 4 is 11.6 Å². The monoisotopic (exact) mass is 248 g/mol. The van der Waals surface area contributed by atoms with Gasteiger partial charge in [-0.2, -0.15) is 0 Å². The second-order valence-electron chi connectivity index (χ2n) is 4.38. The molecule has 0 spiro atoms. The number of benzene rings is 1. The summed E-state index contributed by atoms with van der Waals surface area (Å²) in [5.41, 5.74) is 3.50. The Morgan fingerprint density at radius 1 is 1.33 bits per heavy atom. The van der Waals surface area contributed by atoms with E-state index in [9.17, 15) is 0 Å². The summed E-state index contributed by atoms with van der Waals surface area (Å²) in [7, 11) is 0. The molecule has 2 rings (SSSR count). The summed E-state index contributed by atoms with van der Waals surface area (Å²) >= 11 is 0. The molecule has 5 nitrogen and oxygen atoms in total. The third kappa shape index (κ3) is 4.73. The van der Waals surface area contributed by atoms with Crippen molar-refractivity contribution in [1.29, 1.82) is 0 Å². The van der Waals surface area contributed by atoms with E-state index in [-0.39, 0.29) is 0 Å². The number of nitrogens with two attached hydrogens (primary N) is 1. The van der Waals surface area contributed by atoms with Gasteiger partial charge in [-0.15, -0.1) is 0 Å². The highest BCUT2D eigenvalue weighted by atomic mass is 16.5. The molecule has 1 aromatic carbocycles. The van der Waals surface area contributed by atoms with Crippen molar-refractivity contribution in [3.8, 4) is 0 Å². The highest BCUT2D eigenvalue weighted by Gasteiger charge is 2.20. The van der Waals surface area contributed by atoms with Crippen molar-refractivity contribution < 1.29 is 4.74 Å². The minimum absolute atomic E-state index is 0.552. The number of guanidine groups is 1. The van der Waals surface area contributed by atoms with Gasteiger partial charge in [-0.1, -0.05) is 18.2 Å². The summed E-state index contributed by atoms with van der Waals surface area (Å²) in [4.78, 5) is 4.30. The third-order valence-corrected chi connectivity index (χ3v) is 2.73. The Labute approximate surface area is 107 Å². The van der Waals surface area contributed by atoms with Gasteiger partial charge in [-0.25, -0.2) is 10.8 Å². The van der Waals surface area contributed by atoms with Crippen LogP contribution in [0.1, 0.15) is 12.8 Å². The van der Waals surface area contributed by atoms with Gasteiger partial charge >= 0.3 is 0 Å². The molecule has 0 saturated heterocycles. The van der Waals surface area contributed by atoms with Gasteiger partial charge in [0, 0.05) is 12.3 Å². The molecule has 5 heteroatoms. The van der Waals surface area contributed by atoms with E-state index >= 15 is 0 Å². The van der Waals surface area contributed by atoms with Crippen LogP contribution in [0.4, 0.5) is 5.69 Å². The van der Waals surface area contributed by atoms with Gasteiger partial charge in [0.15, 0.2) is 0 Å². The molecule has 1 aliphatic carbocycles. The van der Waals surface area contributed by atoms with Crippen LogP contribution in [0.2, 0.25) is 0 Å². The summed E-state index contributed by atoms with van der Waals surface area (Å²) in [5, 5.41) is 3.10. The number of ether oxygens (including phenoxy) is 1. The van der Waals surface area contributed by atoms with Gasteiger partial charge in [-0.3, -0.25) is 5.43 Å². The van der Waals surface area contributed by atoms with E-state index in [0.29, 0.717) is 19.1 Å². The van der Waals surface area contributed by atoms with Crippen molar-refractivity contribution in [2.75, 3.05) is 25.1 Å². The molecule has 0 heterocycles. The zero-order valence-corrected chi connectivity index (χ0v) is 10.4. The Morgan fingerprint density at radius 2 is 2.11 bits per heavy atom. The van der Waals surface area contributed by atoms with Gasteiger partial charge in [0.05, 0.1) is 13.2 Å². The van der Waals surface area contributed by atoms with E-state index in [4.69, 9.17) is 10.6 Å². The smallest absolute Gasteiger partial charge is 0.210 e. The first-order valence-corrected chi connectivity index (χ1v) is 6.29. The molecular weight excluding hydrogens is 228 g/mol. The van der Waals surface area contributed by atoms with Crippen LogP contribution in [0.5, 0.6) is 0 Å². The molecule has 0 aromatic heterocycles. The summed E-state index contributed by atoms with van der Waals surface area (Å²) in [6.45, 7) is 2.11. The minimum Gasteiger partial charge on any atom is -0.379 e. The molecular formula is C13H20N4O. The average Bonchev–Trinajstić information content (AvgIpc) is 3.22. The topological polar surface area (TPSA) is 71.7 Å². The average molecular weight is 248 g/mol. The first-order chi connectivity index (χ1) is 8.88. The van der Waals surface area contributed by atoms with Crippen LogP contribution in [0.3, 0.4) is 0 Å². The second kappa shape index (κ2) is 6.98. The largest absolute Gasteiger partial charge is 0.379 e. The molecule has 0 bridgehead atoms. The molecule has 1 aromatic rings. The Balaban J connectivity index is 1.69. The highest BCUT2D eigenvalue weighted by Crippen LogP contribution is 2.28. The van der Waals surface area contributed by atoms with Crippen molar-refractivity contribution in [2.45, 2.75) is 12.8 Å². The fourth-order valence-corrected chi connectivity index (χ4v) is 1.54. The van der Waals surface area contributed by atoms with E-state index in [1.807, 2.05) is 30.3 Å². The first kappa shape index (κ1) is 12.9. The molecule has 98 valence electrons. The van der Waals surface area contributed by atoms with Crippen molar-refractivity contribution in [1.82, 2.24) is 5.43 Å². The van der Waals surface area contributed by atoms with E-state index in [1.165, 1.54) is 12.8 Å². The fourth-order valence-electron chi connectivity index (χ4n) is 1.54. The lowest BCUT2D eigenvalue weighted by atomic mass is 10.3. The summed E-state index contributed by atoms with van der Waals surface area (Å²) in [6.07, 6.45) is 2.63. The maximum Gasteiger partial charge on any atom is 0.210 e. The molecule has 0 radical (unpaired) electrons. The SMILES string of the molecule is NNC(=NCCOCC1CC1)Nc1ccccc1. The quantitative estimate of drug-likeness (QED) is 0.234. The maximum absolute atomic E-state index is 5.50. The van der Waals surface area contributed by atoms with E-state index < -0.39 is 0 Å². The van der Waals surface area contributed by atoms with Crippen molar-refractivity contribution in [2.24, 2.45) is 16.8 Å². The maximum atomic E-state index is 5.50. The lowest BCUT2D eigenvalue weighted by molar-refractivity contribution is 0.132. The van der Waals surface area contributed by atoms with Crippen LogP contribution < -0.4 is 16.6 Å². The predicted molar refractivity (Wildman–Crippen MR) is 73.2 cm³/mol. The number of hydrogen-bond donors (Lipinski definition) is 3. The number of rotatable bonds is 6. The van der Waals surface area contributed by atoms with Gasteiger partial charge in [0.2, 0.25) is 5.96 Å². The normalized spacial score (nSPS) is 15.5. The molecule has 1 fully saturated rings. The fraction of sp³-hybridized carbons (Fsp3) is 0.462. The van der Waals surface area contributed by atoms with Crippen LogP contribution in [0.15, 0.2) is 35.3 Å². The molecule has 0 atom stereocenters. The standard InChI is InChI=1S/C13H20N4O/c14-17-13(16-12-4-2-1-3-5-12)15-8-9-18-10-11-6-7-11/h1-5,11H,6-10,14H2,(H2,15,16,17). The summed E-state index contributed by atoms with van der Waals surface area (Å²) in [6, 6.07) is 9.78. The molecule has 0 unspecified atom stereocenters. The molecule has 1 aliphatic rings. The van der Waals surface area contributed by atoms with Crippen LogP contribution >= 0.6 is 0 Å². The number of anilines is 1. The lowest BCUT2D eigenvalue weighted by Gasteiger charge is -2.09. The Kier molecular flexibility index (Phi) is 4.99. The van der Waals surface area contributed by atoms with E-state index in [2.05, 4.69) is 15.7 Å². The molecule has 1 saturated carbocycles. The zero-order chi connectivity index (χ0) is 12.6. The molecule has 0 amide bonds. The lowest BCUT2D eigenvalue weighted by Crippen LogP contribution is -2.36. The Morgan fingerprint density at radius 3 is 2.78 bits per heavy atom. The number of hydrazine groups is 1. The Bertz CT molecular complexity index is 376. The number of hydrogen-bond acceptors (Lipinski definition) is 3. The van der Waals surface area contributed by atoms with Crippen LogP contribution in [0, 0.1) is 5.92 Å². The minimum atomic E-state index is 0.552. The van der Waals surface area contributed by atoms with Gasteiger partial charge in [0.1, 0.15) is 0 Å². The van der Waals surface area contributed by atoms with Gasteiger partial charge in [-0.05, 0) is 30.9 Å². The third-order valence-electron chi connectivity index (χ3n) is 2.73. The number of aliphatic imine (C=N–C) groups is 1. The van der Waals surface area contributed by atoms with Gasteiger partial charge < -0.3 is 10.1 Å². The summed E-state index contributed by atoms with van der Waals surface area (Å²) < 4.78 is 5.50. The predicted octanol–water partition coefficient (Wildman–Crippen LogP) is 1.34. The first-order valence-electron chi connectivity index (χ1n) is 6.29. The second-order valence-corrected chi connectivity index (χ2v) is 4.38. The summed E-state index contributed by atoms with van der Waals surface area (Å²) in [5.74, 6) is 6.76. The number of nitrogens with zero attached hydrogens (tertiary/aromatic N) is 1.